The van der Waals surface area contributed by atoms with E-state index in [4.69, 9.17) is 9.15 Å². The minimum atomic E-state index is -0.363. The maximum absolute atomic E-state index is 11.9. The van der Waals surface area contributed by atoms with Gasteiger partial charge in [0, 0.05) is 0 Å². The van der Waals surface area contributed by atoms with Crippen molar-refractivity contribution in [1.82, 2.24) is 15.0 Å². The van der Waals surface area contributed by atoms with Crippen molar-refractivity contribution in [3.63, 3.8) is 0 Å². The van der Waals surface area contributed by atoms with E-state index in [0.717, 1.165) is 27.2 Å². The van der Waals surface area contributed by atoms with Crippen LogP contribution in [0.5, 0.6) is 0 Å². The van der Waals surface area contributed by atoms with Gasteiger partial charge in [0.15, 0.2) is 0 Å². The second kappa shape index (κ2) is 6.20. The molecule has 0 unspecified atom stereocenters. The molecule has 0 saturated carbocycles. The second-order valence-corrected chi connectivity index (χ2v) is 6.45. The molecule has 3 rings (SSSR count). The normalized spacial score (nSPS) is 11.0. The number of carbonyl (C=O) groups is 1. The van der Waals surface area contributed by atoms with Crippen molar-refractivity contribution in [2.45, 2.75) is 34.2 Å². The molecule has 0 atom stereocenters. The number of aryl methyl sites for hydroxylation is 4. The Morgan fingerprint density at radius 3 is 2.58 bits per heavy atom. The Hall–Kier alpha value is -2.48. The lowest BCUT2D eigenvalue weighted by molar-refractivity contribution is 0.0605. The summed E-state index contributed by atoms with van der Waals surface area (Å²) in [4.78, 5) is 26.5. The minimum absolute atomic E-state index is 0.363. The number of fused-ring (bicyclic) bond motifs is 1. The van der Waals surface area contributed by atoms with Gasteiger partial charge in [-0.1, -0.05) is 0 Å². The lowest BCUT2D eigenvalue weighted by Gasteiger charge is -2.06. The number of carbonyl (C=O) groups excluding carboxylic acids is 1. The van der Waals surface area contributed by atoms with E-state index in [2.05, 4.69) is 20.3 Å². The first-order chi connectivity index (χ1) is 11.4. The van der Waals surface area contributed by atoms with E-state index in [1.54, 1.807) is 0 Å². The third-order valence-electron chi connectivity index (χ3n) is 3.75. The number of hydrogen-bond acceptors (Lipinski definition) is 8. The number of rotatable bonds is 4. The average Bonchev–Trinajstić information content (AvgIpc) is 3.04. The van der Waals surface area contributed by atoms with Crippen molar-refractivity contribution in [1.29, 1.82) is 0 Å². The Morgan fingerprint density at radius 2 is 1.96 bits per heavy atom. The molecule has 0 radical (unpaired) electrons. The average molecular weight is 346 g/mol. The van der Waals surface area contributed by atoms with Crippen LogP contribution in [0.2, 0.25) is 0 Å². The third kappa shape index (κ3) is 2.84. The molecule has 0 aliphatic rings. The highest BCUT2D eigenvalue weighted by Gasteiger charge is 2.20. The van der Waals surface area contributed by atoms with Crippen LogP contribution in [0.15, 0.2) is 4.42 Å². The van der Waals surface area contributed by atoms with Crippen molar-refractivity contribution in [3.8, 4) is 0 Å². The van der Waals surface area contributed by atoms with Crippen LogP contribution in [0.4, 0.5) is 5.82 Å². The summed E-state index contributed by atoms with van der Waals surface area (Å²) in [6.07, 6.45) is 0. The molecule has 0 aromatic carbocycles. The van der Waals surface area contributed by atoms with Gasteiger partial charge in [-0.3, -0.25) is 0 Å². The predicted octanol–water partition coefficient (Wildman–Crippen LogP) is 3.31. The van der Waals surface area contributed by atoms with E-state index in [0.29, 0.717) is 29.0 Å². The van der Waals surface area contributed by atoms with E-state index in [1.165, 1.54) is 18.4 Å². The summed E-state index contributed by atoms with van der Waals surface area (Å²) >= 11 is 1.31. The zero-order chi connectivity index (χ0) is 17.4. The smallest absolute Gasteiger partial charge is 0.348 e. The molecule has 0 saturated heterocycles. The minimum Gasteiger partial charge on any atom is -0.465 e. The molecule has 3 heterocycles. The molecule has 0 aliphatic carbocycles. The fraction of sp³-hybridized carbons (Fsp3) is 0.375. The molecule has 0 spiro atoms. The standard InChI is InChI=1S/C16H18N4O3S/c1-7-12-14(17-6-11-18-8(2)9(3)23-11)19-10(4)20-15(12)24-13(7)16(21)22-5/h6H2,1-5H3,(H,17,19,20). The lowest BCUT2D eigenvalue weighted by Crippen LogP contribution is -2.05. The maximum atomic E-state index is 11.9. The summed E-state index contributed by atoms with van der Waals surface area (Å²) in [7, 11) is 1.37. The fourth-order valence-corrected chi connectivity index (χ4v) is 3.58. The fourth-order valence-electron chi connectivity index (χ4n) is 2.43. The van der Waals surface area contributed by atoms with Crippen molar-refractivity contribution in [3.05, 3.63) is 33.6 Å². The largest absolute Gasteiger partial charge is 0.465 e. The summed E-state index contributed by atoms with van der Waals surface area (Å²) in [5.41, 5.74) is 1.68. The Kier molecular flexibility index (Phi) is 4.23. The Morgan fingerprint density at radius 1 is 1.21 bits per heavy atom. The number of ether oxygens (including phenoxy) is 1. The molecule has 8 heteroatoms. The van der Waals surface area contributed by atoms with Gasteiger partial charge in [0.25, 0.3) is 0 Å². The number of thiophene rings is 1. The van der Waals surface area contributed by atoms with Crippen molar-refractivity contribution in [2.24, 2.45) is 0 Å². The highest BCUT2D eigenvalue weighted by Crippen LogP contribution is 2.34. The predicted molar refractivity (Wildman–Crippen MR) is 91.5 cm³/mol. The van der Waals surface area contributed by atoms with E-state index in [-0.39, 0.29) is 5.97 Å². The van der Waals surface area contributed by atoms with E-state index in [9.17, 15) is 4.79 Å². The molecule has 7 nitrogen and oxygen atoms in total. The molecule has 0 fully saturated rings. The van der Waals surface area contributed by atoms with Crippen molar-refractivity contribution in [2.75, 3.05) is 12.4 Å². The molecular formula is C16H18N4O3S. The number of aromatic nitrogens is 3. The summed E-state index contributed by atoms with van der Waals surface area (Å²) in [5.74, 6) is 2.32. The van der Waals surface area contributed by atoms with E-state index < -0.39 is 0 Å². The van der Waals surface area contributed by atoms with Gasteiger partial charge in [-0.25, -0.2) is 19.7 Å². The zero-order valence-electron chi connectivity index (χ0n) is 14.2. The van der Waals surface area contributed by atoms with Crippen LogP contribution in [0.1, 0.15) is 38.4 Å². The molecule has 0 amide bonds. The summed E-state index contributed by atoms with van der Waals surface area (Å²) in [6.45, 7) is 7.87. The summed E-state index contributed by atoms with van der Waals surface area (Å²) in [5, 5.41) is 4.07. The number of esters is 1. The van der Waals surface area contributed by atoms with Gasteiger partial charge >= 0.3 is 5.97 Å². The van der Waals surface area contributed by atoms with Crippen molar-refractivity contribution < 1.29 is 13.9 Å². The number of anilines is 1. The van der Waals surface area contributed by atoms with Gasteiger partial charge in [0.05, 0.1) is 24.7 Å². The van der Waals surface area contributed by atoms with E-state index in [1.807, 2.05) is 27.7 Å². The molecule has 24 heavy (non-hydrogen) atoms. The molecular weight excluding hydrogens is 328 g/mol. The van der Waals surface area contributed by atoms with E-state index >= 15 is 0 Å². The van der Waals surface area contributed by atoms with Crippen LogP contribution in [0.3, 0.4) is 0 Å². The summed E-state index contributed by atoms with van der Waals surface area (Å²) < 4.78 is 10.4. The summed E-state index contributed by atoms with van der Waals surface area (Å²) in [6, 6.07) is 0. The van der Waals surface area contributed by atoms with Gasteiger partial charge in [-0.05, 0) is 33.3 Å². The van der Waals surface area contributed by atoms with Crippen LogP contribution in [-0.4, -0.2) is 28.0 Å². The van der Waals surface area contributed by atoms with Gasteiger partial charge < -0.3 is 14.5 Å². The van der Waals surface area contributed by atoms with Gasteiger partial charge in [0.1, 0.15) is 27.1 Å². The highest BCUT2D eigenvalue weighted by molar-refractivity contribution is 7.20. The number of nitrogens with one attached hydrogen (secondary N) is 1. The molecule has 3 aromatic rings. The Labute approximate surface area is 143 Å². The van der Waals surface area contributed by atoms with Crippen LogP contribution in [-0.2, 0) is 11.3 Å². The molecule has 0 aliphatic heterocycles. The number of oxazole rings is 1. The van der Waals surface area contributed by atoms with Crippen LogP contribution in [0, 0.1) is 27.7 Å². The first kappa shape index (κ1) is 16.4. The van der Waals surface area contributed by atoms with Crippen LogP contribution >= 0.6 is 11.3 Å². The highest BCUT2D eigenvalue weighted by atomic mass is 32.1. The molecule has 3 aromatic heterocycles. The second-order valence-electron chi connectivity index (χ2n) is 5.45. The first-order valence-electron chi connectivity index (χ1n) is 7.43. The maximum Gasteiger partial charge on any atom is 0.348 e. The molecule has 0 bridgehead atoms. The van der Waals surface area contributed by atoms with Gasteiger partial charge in [-0.2, -0.15) is 0 Å². The molecule has 1 N–H and O–H groups in total. The number of hydrogen-bond donors (Lipinski definition) is 1. The molecule has 126 valence electrons. The third-order valence-corrected chi connectivity index (χ3v) is 4.92. The number of nitrogens with zero attached hydrogens (tertiary/aromatic N) is 3. The van der Waals surface area contributed by atoms with Gasteiger partial charge in [0.2, 0.25) is 5.89 Å². The quantitative estimate of drug-likeness (QED) is 0.725. The SMILES string of the molecule is COC(=O)c1sc2nc(C)nc(NCc3nc(C)c(C)o3)c2c1C. The van der Waals surface area contributed by atoms with Crippen LogP contribution in [0.25, 0.3) is 10.2 Å². The first-order valence-corrected chi connectivity index (χ1v) is 8.25. The van der Waals surface area contributed by atoms with Crippen LogP contribution < -0.4 is 5.32 Å². The Bertz CT molecular complexity index is 910. The van der Waals surface area contributed by atoms with Crippen molar-refractivity contribution >= 4 is 33.3 Å². The topological polar surface area (TPSA) is 90.1 Å². The lowest BCUT2D eigenvalue weighted by atomic mass is 10.2. The number of methoxy groups -OCH3 is 1. The zero-order valence-corrected chi connectivity index (χ0v) is 15.0. The monoisotopic (exact) mass is 346 g/mol. The Balaban J connectivity index is 2.00. The van der Waals surface area contributed by atoms with Gasteiger partial charge in [-0.15, -0.1) is 11.3 Å².